The molecule has 0 saturated heterocycles. The van der Waals surface area contributed by atoms with E-state index in [2.05, 4.69) is 76.1 Å². The lowest BCUT2D eigenvalue weighted by atomic mass is 9.84. The van der Waals surface area contributed by atoms with Gasteiger partial charge in [-0.15, -0.1) is 0 Å². The predicted molar refractivity (Wildman–Crippen MR) is 86.0 cm³/mol. The minimum absolute atomic E-state index is 0.309. The van der Waals surface area contributed by atoms with Crippen LogP contribution in [0.2, 0.25) is 0 Å². The zero-order valence-corrected chi connectivity index (χ0v) is 13.5. The summed E-state index contributed by atoms with van der Waals surface area (Å²) in [7, 11) is 2.18. The van der Waals surface area contributed by atoms with Crippen molar-refractivity contribution < 1.29 is 0 Å². The zero-order chi connectivity index (χ0) is 14.5. The Morgan fingerprint density at radius 1 is 1.26 bits per heavy atom. The van der Waals surface area contributed by atoms with E-state index in [0.717, 1.165) is 13.1 Å². The fourth-order valence-corrected chi connectivity index (χ4v) is 2.40. The number of benzene rings is 1. The highest BCUT2D eigenvalue weighted by Gasteiger charge is 2.23. The second-order valence-corrected chi connectivity index (χ2v) is 6.53. The molecule has 0 bridgehead atoms. The van der Waals surface area contributed by atoms with Crippen molar-refractivity contribution in [3.63, 3.8) is 0 Å². The quantitative estimate of drug-likeness (QED) is 0.838. The summed E-state index contributed by atoms with van der Waals surface area (Å²) in [5.41, 5.74) is 2.94. The Morgan fingerprint density at radius 3 is 2.47 bits per heavy atom. The summed E-state index contributed by atoms with van der Waals surface area (Å²) in [4.78, 5) is 2.35. The van der Waals surface area contributed by atoms with Crippen LogP contribution in [-0.4, -0.2) is 26.2 Å². The van der Waals surface area contributed by atoms with Crippen molar-refractivity contribution >= 4 is 5.69 Å². The molecule has 0 spiro atoms. The lowest BCUT2D eigenvalue weighted by Gasteiger charge is -2.33. The van der Waals surface area contributed by atoms with Gasteiger partial charge in [0, 0.05) is 25.3 Å². The Bertz CT molecular complexity index is 379. The molecule has 108 valence electrons. The van der Waals surface area contributed by atoms with Gasteiger partial charge in [0.2, 0.25) is 0 Å². The molecule has 0 aliphatic rings. The van der Waals surface area contributed by atoms with Crippen molar-refractivity contribution in [2.45, 2.75) is 47.1 Å². The van der Waals surface area contributed by atoms with Crippen LogP contribution >= 0.6 is 0 Å². The van der Waals surface area contributed by atoms with Gasteiger partial charge in [-0.1, -0.05) is 39.8 Å². The summed E-state index contributed by atoms with van der Waals surface area (Å²) in [6.07, 6.45) is 1.17. The van der Waals surface area contributed by atoms with Crippen molar-refractivity contribution in [3.8, 4) is 0 Å². The highest BCUT2D eigenvalue weighted by Crippen LogP contribution is 2.23. The first-order valence-electron chi connectivity index (χ1n) is 7.35. The van der Waals surface area contributed by atoms with Gasteiger partial charge in [-0.2, -0.15) is 0 Å². The van der Waals surface area contributed by atoms with Crippen molar-refractivity contribution in [2.24, 2.45) is 5.41 Å². The molecule has 0 radical (unpaired) electrons. The molecule has 0 aromatic heterocycles. The average Bonchev–Trinajstić information content (AvgIpc) is 2.32. The van der Waals surface area contributed by atoms with Gasteiger partial charge >= 0.3 is 0 Å². The maximum absolute atomic E-state index is 3.61. The molecule has 0 saturated carbocycles. The summed E-state index contributed by atoms with van der Waals surface area (Å²) >= 11 is 0. The van der Waals surface area contributed by atoms with Crippen LogP contribution in [0, 0.1) is 12.3 Å². The summed E-state index contributed by atoms with van der Waals surface area (Å²) in [5.74, 6) is 0. The highest BCUT2D eigenvalue weighted by atomic mass is 15.1. The first-order valence-corrected chi connectivity index (χ1v) is 7.35. The van der Waals surface area contributed by atoms with Crippen LogP contribution in [0.3, 0.4) is 0 Å². The maximum atomic E-state index is 3.61. The molecule has 1 aromatic rings. The van der Waals surface area contributed by atoms with Gasteiger partial charge in [0.1, 0.15) is 0 Å². The molecule has 2 heteroatoms. The smallest absolute Gasteiger partial charge is 0.0366 e. The van der Waals surface area contributed by atoms with Crippen LogP contribution in [0.15, 0.2) is 24.3 Å². The lowest BCUT2D eigenvalue weighted by molar-refractivity contribution is 0.260. The number of hydrogen-bond donors (Lipinski definition) is 1. The van der Waals surface area contributed by atoms with Gasteiger partial charge in [-0.25, -0.2) is 0 Å². The number of hydrogen-bond acceptors (Lipinski definition) is 2. The monoisotopic (exact) mass is 262 g/mol. The first kappa shape index (κ1) is 16.0. The van der Waals surface area contributed by atoms with Crippen molar-refractivity contribution in [1.29, 1.82) is 0 Å². The molecule has 1 atom stereocenters. The van der Waals surface area contributed by atoms with Crippen LogP contribution in [0.4, 0.5) is 5.69 Å². The van der Waals surface area contributed by atoms with Crippen LogP contribution < -0.4 is 10.2 Å². The zero-order valence-electron chi connectivity index (χ0n) is 13.5. The molecule has 0 aliphatic carbocycles. The third kappa shape index (κ3) is 5.23. The van der Waals surface area contributed by atoms with E-state index in [-0.39, 0.29) is 0 Å². The largest absolute Gasteiger partial charge is 0.375 e. The van der Waals surface area contributed by atoms with Crippen molar-refractivity contribution in [1.82, 2.24) is 5.32 Å². The van der Waals surface area contributed by atoms with Gasteiger partial charge in [0.05, 0.1) is 0 Å². The van der Waals surface area contributed by atoms with Crippen LogP contribution in [0.5, 0.6) is 0 Å². The number of nitrogens with zero attached hydrogens (tertiary/aromatic N) is 1. The summed E-state index contributed by atoms with van der Waals surface area (Å²) in [6.45, 7) is 13.4. The van der Waals surface area contributed by atoms with E-state index in [9.17, 15) is 0 Å². The van der Waals surface area contributed by atoms with E-state index in [0.29, 0.717) is 11.5 Å². The van der Waals surface area contributed by atoms with Crippen LogP contribution in [0.25, 0.3) is 0 Å². The molecule has 0 amide bonds. The molecule has 1 N–H and O–H groups in total. The third-order valence-electron chi connectivity index (χ3n) is 3.69. The molecule has 1 unspecified atom stereocenters. The van der Waals surface area contributed by atoms with Gasteiger partial charge in [0.15, 0.2) is 0 Å². The number of aryl methyl sites for hydroxylation is 1. The minimum atomic E-state index is 0.309. The molecule has 1 rings (SSSR count). The first-order chi connectivity index (χ1) is 8.84. The van der Waals surface area contributed by atoms with E-state index in [1.54, 1.807) is 0 Å². The molecule has 0 aliphatic heterocycles. The van der Waals surface area contributed by atoms with E-state index in [1.165, 1.54) is 17.7 Å². The van der Waals surface area contributed by atoms with Crippen molar-refractivity contribution in [2.75, 3.05) is 25.0 Å². The molecule has 0 fully saturated rings. The number of anilines is 1. The maximum Gasteiger partial charge on any atom is 0.0366 e. The molecule has 0 heterocycles. The molecular weight excluding hydrogens is 232 g/mol. The Kier molecular flexibility index (Phi) is 5.86. The molecule has 1 aromatic carbocycles. The summed E-state index contributed by atoms with van der Waals surface area (Å²) < 4.78 is 0. The highest BCUT2D eigenvalue weighted by molar-refractivity contribution is 5.47. The molecule has 19 heavy (non-hydrogen) atoms. The van der Waals surface area contributed by atoms with E-state index >= 15 is 0 Å². The lowest BCUT2D eigenvalue weighted by Crippen LogP contribution is -2.42. The Morgan fingerprint density at radius 2 is 1.95 bits per heavy atom. The Labute approximate surface area is 119 Å². The number of nitrogens with one attached hydrogen (secondary N) is 1. The fourth-order valence-electron chi connectivity index (χ4n) is 2.40. The summed E-state index contributed by atoms with van der Waals surface area (Å²) in [5, 5.41) is 3.61. The van der Waals surface area contributed by atoms with Gasteiger partial charge in [-0.3, -0.25) is 0 Å². The standard InChI is InChI=1S/C17H30N2/c1-7-18-16(17(3,4)5)11-12-19(6)15-10-8-9-14(2)13-15/h8-10,13,16,18H,7,11-12H2,1-6H3. The number of rotatable bonds is 6. The SMILES string of the molecule is CCNC(CCN(C)c1cccc(C)c1)C(C)(C)C. The summed E-state index contributed by atoms with van der Waals surface area (Å²) in [6, 6.07) is 9.27. The molecular formula is C17H30N2. The fraction of sp³-hybridized carbons (Fsp3) is 0.647. The second kappa shape index (κ2) is 6.95. The van der Waals surface area contributed by atoms with Gasteiger partial charge < -0.3 is 10.2 Å². The van der Waals surface area contributed by atoms with Crippen molar-refractivity contribution in [3.05, 3.63) is 29.8 Å². The molecule has 2 nitrogen and oxygen atoms in total. The normalized spacial score (nSPS) is 13.4. The van der Waals surface area contributed by atoms with Crippen LogP contribution in [-0.2, 0) is 0 Å². The third-order valence-corrected chi connectivity index (χ3v) is 3.69. The van der Waals surface area contributed by atoms with E-state index in [4.69, 9.17) is 0 Å². The van der Waals surface area contributed by atoms with Gasteiger partial charge in [0.25, 0.3) is 0 Å². The average molecular weight is 262 g/mol. The van der Waals surface area contributed by atoms with E-state index in [1.807, 2.05) is 0 Å². The Hall–Kier alpha value is -1.02. The topological polar surface area (TPSA) is 15.3 Å². The van der Waals surface area contributed by atoms with E-state index < -0.39 is 0 Å². The van der Waals surface area contributed by atoms with Gasteiger partial charge in [-0.05, 0) is 43.0 Å². The minimum Gasteiger partial charge on any atom is -0.375 e. The second-order valence-electron chi connectivity index (χ2n) is 6.53. The Balaban J connectivity index is 2.59. The van der Waals surface area contributed by atoms with Crippen LogP contribution in [0.1, 0.15) is 39.7 Å². The predicted octanol–water partition coefficient (Wildman–Crippen LogP) is 3.85.